The van der Waals surface area contributed by atoms with Gasteiger partial charge in [-0.2, -0.15) is 0 Å². The Morgan fingerprint density at radius 3 is 2.62 bits per heavy atom. The van der Waals surface area contributed by atoms with Crippen LogP contribution in [-0.2, 0) is 17.6 Å². The quantitative estimate of drug-likeness (QED) is 0.824. The van der Waals surface area contributed by atoms with Crippen molar-refractivity contribution in [1.29, 1.82) is 0 Å². The maximum Gasteiger partial charge on any atom is 0.261 e. The van der Waals surface area contributed by atoms with Crippen molar-refractivity contribution in [3.8, 4) is 0 Å². The second-order valence-electron chi connectivity index (χ2n) is 5.42. The zero-order chi connectivity index (χ0) is 14.8. The monoisotopic (exact) mass is 292 g/mol. The smallest absolute Gasteiger partial charge is 0.261 e. The summed E-state index contributed by atoms with van der Waals surface area (Å²) in [5.41, 5.74) is 3.51. The highest BCUT2D eigenvalue weighted by Gasteiger charge is 2.18. The molecule has 2 aromatic carbocycles. The molecule has 0 aliphatic heterocycles. The van der Waals surface area contributed by atoms with E-state index in [4.69, 9.17) is 4.74 Å². The summed E-state index contributed by atoms with van der Waals surface area (Å²) in [6.07, 6.45) is -0.731. The average molecular weight is 292 g/mol. The molecule has 0 aromatic heterocycles. The minimum absolute atomic E-state index is 0.133. The zero-order valence-electron chi connectivity index (χ0n) is 11.7. The van der Waals surface area contributed by atoms with Gasteiger partial charge in [0.15, 0.2) is 0 Å². The molecule has 0 spiro atoms. The Bertz CT molecular complexity index is 630. The lowest BCUT2D eigenvalue weighted by atomic mass is 9.96. The van der Waals surface area contributed by atoms with E-state index in [-0.39, 0.29) is 6.61 Å². The van der Waals surface area contributed by atoms with E-state index in [1.165, 1.54) is 16.5 Å². The summed E-state index contributed by atoms with van der Waals surface area (Å²) in [6, 6.07) is 10.2. The Kier molecular flexibility index (Phi) is 4.17. The first kappa shape index (κ1) is 14.4. The van der Waals surface area contributed by atoms with E-state index in [1.807, 2.05) is 18.2 Å². The summed E-state index contributed by atoms with van der Waals surface area (Å²) < 4.78 is 28.8. The Morgan fingerprint density at radius 1 is 1.10 bits per heavy atom. The molecule has 2 nitrogen and oxygen atoms in total. The van der Waals surface area contributed by atoms with Crippen molar-refractivity contribution in [3.63, 3.8) is 0 Å². The molecule has 0 bridgehead atoms. The first-order chi connectivity index (χ1) is 10.2. The van der Waals surface area contributed by atoms with Gasteiger partial charge in [0.2, 0.25) is 0 Å². The normalized spacial score (nSPS) is 15.0. The predicted molar refractivity (Wildman–Crippen MR) is 77.8 cm³/mol. The van der Waals surface area contributed by atoms with Crippen molar-refractivity contribution >= 4 is 10.8 Å². The average Bonchev–Trinajstić information content (AvgIpc) is 2.89. The fourth-order valence-corrected chi connectivity index (χ4v) is 3.08. The molecule has 2 aromatic rings. The Labute approximate surface area is 122 Å². The number of ether oxygens (including phenoxy) is 1. The minimum Gasteiger partial charge on any atom is -0.388 e. The number of aliphatic hydroxyl groups is 1. The summed E-state index contributed by atoms with van der Waals surface area (Å²) >= 11 is 0. The lowest BCUT2D eigenvalue weighted by molar-refractivity contribution is 0.00495. The SMILES string of the molecule is OC(CCOCC(F)F)c1ccc2c3c(cccc13)CC2. The summed E-state index contributed by atoms with van der Waals surface area (Å²) in [7, 11) is 0. The third kappa shape index (κ3) is 2.92. The largest absolute Gasteiger partial charge is 0.388 e. The van der Waals surface area contributed by atoms with Crippen LogP contribution in [0, 0.1) is 0 Å². The number of aryl methyl sites for hydroxylation is 2. The third-order valence-corrected chi connectivity index (χ3v) is 4.05. The maximum absolute atomic E-state index is 12.0. The van der Waals surface area contributed by atoms with Crippen LogP contribution in [-0.4, -0.2) is 24.7 Å². The minimum atomic E-state index is -2.46. The molecule has 0 fully saturated rings. The molecule has 0 amide bonds. The van der Waals surface area contributed by atoms with E-state index in [9.17, 15) is 13.9 Å². The van der Waals surface area contributed by atoms with Gasteiger partial charge in [0.1, 0.15) is 6.61 Å². The third-order valence-electron chi connectivity index (χ3n) is 4.05. The van der Waals surface area contributed by atoms with Gasteiger partial charge in [0, 0.05) is 13.0 Å². The van der Waals surface area contributed by atoms with Gasteiger partial charge in [-0.15, -0.1) is 0 Å². The first-order valence-electron chi connectivity index (χ1n) is 7.24. The molecule has 3 rings (SSSR count). The van der Waals surface area contributed by atoms with E-state index in [2.05, 4.69) is 12.1 Å². The number of hydrogen-bond donors (Lipinski definition) is 1. The van der Waals surface area contributed by atoms with Crippen LogP contribution in [0.3, 0.4) is 0 Å². The molecule has 1 unspecified atom stereocenters. The molecule has 4 heteroatoms. The number of halogens is 2. The number of alkyl halides is 2. The zero-order valence-corrected chi connectivity index (χ0v) is 11.7. The van der Waals surface area contributed by atoms with Crippen LogP contribution >= 0.6 is 0 Å². The fraction of sp³-hybridized carbons (Fsp3) is 0.412. The highest BCUT2D eigenvalue weighted by molar-refractivity contribution is 5.93. The molecule has 1 atom stereocenters. The van der Waals surface area contributed by atoms with Gasteiger partial charge in [-0.25, -0.2) is 8.78 Å². The van der Waals surface area contributed by atoms with E-state index >= 15 is 0 Å². The Balaban J connectivity index is 1.78. The van der Waals surface area contributed by atoms with Gasteiger partial charge in [-0.3, -0.25) is 0 Å². The Morgan fingerprint density at radius 2 is 1.86 bits per heavy atom. The predicted octanol–water partition coefficient (Wildman–Crippen LogP) is 3.64. The standard InChI is InChI=1S/C17H18F2O2/c18-16(19)10-21-9-8-15(20)13-7-6-12-5-4-11-2-1-3-14(13)17(11)12/h1-3,6-7,15-16,20H,4-5,8-10H2. The van der Waals surface area contributed by atoms with Crippen molar-refractivity contribution in [2.24, 2.45) is 0 Å². The molecule has 0 heterocycles. The lowest BCUT2D eigenvalue weighted by Crippen LogP contribution is -2.09. The van der Waals surface area contributed by atoms with Crippen molar-refractivity contribution in [1.82, 2.24) is 0 Å². The number of rotatable bonds is 6. The van der Waals surface area contributed by atoms with Gasteiger partial charge in [0.05, 0.1) is 6.10 Å². The second-order valence-corrected chi connectivity index (χ2v) is 5.42. The summed E-state index contributed by atoms with van der Waals surface area (Å²) in [4.78, 5) is 0. The molecular weight excluding hydrogens is 274 g/mol. The molecule has 0 saturated carbocycles. The number of hydrogen-bond acceptors (Lipinski definition) is 2. The van der Waals surface area contributed by atoms with Crippen LogP contribution in [0.1, 0.15) is 29.2 Å². The van der Waals surface area contributed by atoms with Crippen LogP contribution in [0.15, 0.2) is 30.3 Å². The highest BCUT2D eigenvalue weighted by Crippen LogP contribution is 2.35. The summed E-state index contributed by atoms with van der Waals surface area (Å²) in [6.45, 7) is -0.439. The first-order valence-corrected chi connectivity index (χ1v) is 7.24. The van der Waals surface area contributed by atoms with Crippen LogP contribution < -0.4 is 0 Å². The fourth-order valence-electron chi connectivity index (χ4n) is 3.08. The maximum atomic E-state index is 12.0. The summed E-state index contributed by atoms with van der Waals surface area (Å²) in [5.74, 6) is 0. The Hall–Kier alpha value is -1.52. The molecule has 21 heavy (non-hydrogen) atoms. The molecule has 0 saturated heterocycles. The molecule has 1 aliphatic carbocycles. The van der Waals surface area contributed by atoms with Crippen LogP contribution in [0.4, 0.5) is 8.78 Å². The van der Waals surface area contributed by atoms with Crippen molar-refractivity contribution in [3.05, 3.63) is 47.0 Å². The van der Waals surface area contributed by atoms with E-state index < -0.39 is 19.1 Å². The topological polar surface area (TPSA) is 29.5 Å². The van der Waals surface area contributed by atoms with Gasteiger partial charge < -0.3 is 9.84 Å². The van der Waals surface area contributed by atoms with Crippen LogP contribution in [0.5, 0.6) is 0 Å². The lowest BCUT2D eigenvalue weighted by Gasteiger charge is -2.15. The molecule has 0 radical (unpaired) electrons. The second kappa shape index (κ2) is 6.08. The highest BCUT2D eigenvalue weighted by atomic mass is 19.3. The van der Waals surface area contributed by atoms with Crippen molar-refractivity contribution in [2.75, 3.05) is 13.2 Å². The van der Waals surface area contributed by atoms with Crippen LogP contribution in [0.25, 0.3) is 10.8 Å². The molecule has 1 N–H and O–H groups in total. The van der Waals surface area contributed by atoms with Gasteiger partial charge in [0.25, 0.3) is 6.43 Å². The molecule has 1 aliphatic rings. The van der Waals surface area contributed by atoms with Crippen molar-refractivity contribution < 1.29 is 18.6 Å². The number of aliphatic hydroxyl groups excluding tert-OH is 1. The van der Waals surface area contributed by atoms with Gasteiger partial charge in [-0.05, 0) is 40.3 Å². The molecular formula is C17H18F2O2. The van der Waals surface area contributed by atoms with Crippen molar-refractivity contribution in [2.45, 2.75) is 31.8 Å². The number of benzene rings is 2. The van der Waals surface area contributed by atoms with E-state index in [0.29, 0.717) is 6.42 Å². The van der Waals surface area contributed by atoms with Gasteiger partial charge >= 0.3 is 0 Å². The van der Waals surface area contributed by atoms with Crippen LogP contribution in [0.2, 0.25) is 0 Å². The van der Waals surface area contributed by atoms with Gasteiger partial charge in [-0.1, -0.05) is 30.3 Å². The summed E-state index contributed by atoms with van der Waals surface area (Å²) in [5, 5.41) is 12.6. The van der Waals surface area contributed by atoms with E-state index in [1.54, 1.807) is 0 Å². The van der Waals surface area contributed by atoms with E-state index in [0.717, 1.165) is 23.8 Å². The molecule has 112 valence electrons.